The summed E-state index contributed by atoms with van der Waals surface area (Å²) in [6.45, 7) is 7.02. The second-order valence-corrected chi connectivity index (χ2v) is 4.90. The number of nitrogens with zero attached hydrogens (tertiary/aromatic N) is 1. The smallest absolute Gasteiger partial charge is 0.176 e. The minimum absolute atomic E-state index is 0.204. The molecule has 0 aromatic heterocycles. The molecule has 2 rings (SSSR count). The second-order valence-electron chi connectivity index (χ2n) is 4.90. The molecule has 1 heterocycles. The maximum absolute atomic E-state index is 12.2. The fourth-order valence-corrected chi connectivity index (χ4v) is 2.29. The number of hydrogen-bond donors (Lipinski definition) is 0. The minimum atomic E-state index is 0.204. The summed E-state index contributed by atoms with van der Waals surface area (Å²) in [6, 6.07) is 8.19. The summed E-state index contributed by atoms with van der Waals surface area (Å²) in [4.78, 5) is 14.4. The van der Waals surface area contributed by atoms with Crippen LogP contribution in [0.5, 0.6) is 0 Å². The third-order valence-corrected chi connectivity index (χ3v) is 3.54. The molecule has 1 saturated heterocycles. The lowest BCUT2D eigenvalue weighted by Gasteiger charge is -2.34. The molecule has 0 amide bonds. The maximum Gasteiger partial charge on any atom is 0.176 e. The zero-order valence-electron chi connectivity index (χ0n) is 11.2. The Balaban J connectivity index is 1.99. The van der Waals surface area contributed by atoms with Crippen molar-refractivity contribution in [2.75, 3.05) is 26.3 Å². The number of benzene rings is 1. The minimum Gasteiger partial charge on any atom is -0.378 e. The van der Waals surface area contributed by atoms with Crippen LogP contribution in [-0.2, 0) is 4.74 Å². The molecule has 98 valence electrons. The summed E-state index contributed by atoms with van der Waals surface area (Å²) in [5.74, 6) is 0.204. The standard InChI is InChI=1S/C15H21NO2/c1-3-14-11-18-9-8-16(14)10-15(17)13-6-4-12(2)5-7-13/h4-7,14H,3,8-11H2,1-2H3. The van der Waals surface area contributed by atoms with Gasteiger partial charge >= 0.3 is 0 Å². The summed E-state index contributed by atoms with van der Waals surface area (Å²) in [6.07, 6.45) is 1.03. The molecule has 0 bridgehead atoms. The van der Waals surface area contributed by atoms with Gasteiger partial charge in [0.2, 0.25) is 0 Å². The molecule has 1 aromatic carbocycles. The van der Waals surface area contributed by atoms with Crippen LogP contribution in [0.3, 0.4) is 0 Å². The van der Waals surface area contributed by atoms with Crippen LogP contribution < -0.4 is 0 Å². The van der Waals surface area contributed by atoms with Gasteiger partial charge in [-0.2, -0.15) is 0 Å². The highest BCUT2D eigenvalue weighted by molar-refractivity contribution is 5.97. The van der Waals surface area contributed by atoms with Gasteiger partial charge in [0.1, 0.15) is 0 Å². The van der Waals surface area contributed by atoms with Crippen molar-refractivity contribution in [1.29, 1.82) is 0 Å². The molecule has 1 fully saturated rings. The van der Waals surface area contributed by atoms with Crippen LogP contribution in [0.2, 0.25) is 0 Å². The molecule has 1 unspecified atom stereocenters. The van der Waals surface area contributed by atoms with Crippen molar-refractivity contribution in [2.24, 2.45) is 0 Å². The van der Waals surface area contributed by atoms with E-state index in [0.717, 1.165) is 31.7 Å². The molecule has 0 radical (unpaired) electrons. The van der Waals surface area contributed by atoms with Crippen molar-refractivity contribution in [3.8, 4) is 0 Å². The Labute approximate surface area is 109 Å². The highest BCUT2D eigenvalue weighted by Crippen LogP contribution is 2.12. The fraction of sp³-hybridized carbons (Fsp3) is 0.533. The lowest BCUT2D eigenvalue weighted by atomic mass is 10.1. The number of Topliss-reactive ketones (excluding diaryl/α,β-unsaturated/α-hetero) is 1. The van der Waals surface area contributed by atoms with Gasteiger partial charge in [-0.15, -0.1) is 0 Å². The summed E-state index contributed by atoms with van der Waals surface area (Å²) < 4.78 is 5.45. The summed E-state index contributed by atoms with van der Waals surface area (Å²) in [5.41, 5.74) is 1.99. The van der Waals surface area contributed by atoms with E-state index < -0.39 is 0 Å². The Morgan fingerprint density at radius 1 is 1.39 bits per heavy atom. The first-order chi connectivity index (χ1) is 8.70. The highest BCUT2D eigenvalue weighted by Gasteiger charge is 2.23. The Hall–Kier alpha value is -1.19. The van der Waals surface area contributed by atoms with Gasteiger partial charge in [0.25, 0.3) is 0 Å². The first kappa shape index (κ1) is 13.2. The van der Waals surface area contributed by atoms with E-state index in [1.807, 2.05) is 31.2 Å². The highest BCUT2D eigenvalue weighted by atomic mass is 16.5. The first-order valence-corrected chi connectivity index (χ1v) is 6.62. The second kappa shape index (κ2) is 6.12. The molecule has 3 heteroatoms. The van der Waals surface area contributed by atoms with Crippen molar-refractivity contribution in [3.63, 3.8) is 0 Å². The van der Waals surface area contributed by atoms with E-state index in [0.29, 0.717) is 12.6 Å². The Morgan fingerprint density at radius 3 is 2.78 bits per heavy atom. The summed E-state index contributed by atoms with van der Waals surface area (Å²) in [5, 5.41) is 0. The van der Waals surface area contributed by atoms with Crippen LogP contribution in [0.1, 0.15) is 29.3 Å². The topological polar surface area (TPSA) is 29.5 Å². The molecular weight excluding hydrogens is 226 g/mol. The maximum atomic E-state index is 12.2. The van der Waals surface area contributed by atoms with Gasteiger partial charge in [-0.3, -0.25) is 9.69 Å². The molecule has 1 atom stereocenters. The number of aryl methyl sites for hydroxylation is 1. The third-order valence-electron chi connectivity index (χ3n) is 3.54. The van der Waals surface area contributed by atoms with Crippen molar-refractivity contribution in [1.82, 2.24) is 4.90 Å². The third kappa shape index (κ3) is 3.18. The number of carbonyl (C=O) groups excluding carboxylic acids is 1. The average molecular weight is 247 g/mol. The quantitative estimate of drug-likeness (QED) is 0.765. The van der Waals surface area contributed by atoms with Gasteiger partial charge in [-0.05, 0) is 13.3 Å². The number of ketones is 1. The van der Waals surface area contributed by atoms with Gasteiger partial charge in [0.15, 0.2) is 5.78 Å². The van der Waals surface area contributed by atoms with Gasteiger partial charge in [0.05, 0.1) is 19.8 Å². The van der Waals surface area contributed by atoms with E-state index in [9.17, 15) is 4.79 Å². The molecule has 1 aromatic rings. The van der Waals surface area contributed by atoms with Crippen molar-refractivity contribution < 1.29 is 9.53 Å². The SMILES string of the molecule is CCC1COCCN1CC(=O)c1ccc(C)cc1. The van der Waals surface area contributed by atoms with Crippen LogP contribution in [0, 0.1) is 6.92 Å². The van der Waals surface area contributed by atoms with E-state index in [1.54, 1.807) is 0 Å². The number of morpholine rings is 1. The molecule has 18 heavy (non-hydrogen) atoms. The summed E-state index contributed by atoms with van der Waals surface area (Å²) in [7, 11) is 0. The van der Waals surface area contributed by atoms with Crippen molar-refractivity contribution in [2.45, 2.75) is 26.3 Å². The van der Waals surface area contributed by atoms with Crippen LogP contribution in [0.25, 0.3) is 0 Å². The number of ether oxygens (including phenoxy) is 1. The Morgan fingerprint density at radius 2 is 2.11 bits per heavy atom. The van der Waals surface area contributed by atoms with Crippen LogP contribution in [-0.4, -0.2) is 43.0 Å². The van der Waals surface area contributed by atoms with Crippen molar-refractivity contribution >= 4 is 5.78 Å². The van der Waals surface area contributed by atoms with Gasteiger partial charge in [-0.1, -0.05) is 36.8 Å². The molecule has 0 aliphatic carbocycles. The fourth-order valence-electron chi connectivity index (χ4n) is 2.29. The number of rotatable bonds is 4. The van der Waals surface area contributed by atoms with E-state index in [2.05, 4.69) is 11.8 Å². The molecule has 1 aliphatic rings. The van der Waals surface area contributed by atoms with E-state index in [4.69, 9.17) is 4.74 Å². The zero-order valence-corrected chi connectivity index (χ0v) is 11.2. The van der Waals surface area contributed by atoms with E-state index in [-0.39, 0.29) is 5.78 Å². The molecular formula is C15H21NO2. The van der Waals surface area contributed by atoms with Crippen molar-refractivity contribution in [3.05, 3.63) is 35.4 Å². The van der Waals surface area contributed by atoms with Crippen LogP contribution in [0.4, 0.5) is 0 Å². The first-order valence-electron chi connectivity index (χ1n) is 6.62. The predicted molar refractivity (Wildman–Crippen MR) is 72.0 cm³/mol. The van der Waals surface area contributed by atoms with Gasteiger partial charge < -0.3 is 4.74 Å². The van der Waals surface area contributed by atoms with Crippen LogP contribution in [0.15, 0.2) is 24.3 Å². The summed E-state index contributed by atoms with van der Waals surface area (Å²) >= 11 is 0. The lowest BCUT2D eigenvalue weighted by molar-refractivity contribution is -0.00585. The molecule has 0 saturated carbocycles. The number of carbonyl (C=O) groups is 1. The van der Waals surface area contributed by atoms with Gasteiger partial charge in [-0.25, -0.2) is 0 Å². The predicted octanol–water partition coefficient (Wildman–Crippen LogP) is 2.29. The molecule has 0 N–H and O–H groups in total. The van der Waals surface area contributed by atoms with E-state index >= 15 is 0 Å². The molecule has 3 nitrogen and oxygen atoms in total. The normalized spacial score (nSPS) is 20.9. The Bertz CT molecular complexity index is 399. The molecule has 1 aliphatic heterocycles. The largest absolute Gasteiger partial charge is 0.378 e. The van der Waals surface area contributed by atoms with Gasteiger partial charge in [0, 0.05) is 18.2 Å². The number of hydrogen-bond acceptors (Lipinski definition) is 3. The monoisotopic (exact) mass is 247 g/mol. The van der Waals surface area contributed by atoms with E-state index in [1.165, 1.54) is 5.56 Å². The zero-order chi connectivity index (χ0) is 13.0. The van der Waals surface area contributed by atoms with Crippen LogP contribution >= 0.6 is 0 Å². The lowest BCUT2D eigenvalue weighted by Crippen LogP contribution is -2.47. The Kier molecular flexibility index (Phi) is 4.50. The molecule has 0 spiro atoms. The average Bonchev–Trinajstić information content (AvgIpc) is 2.40.